The Bertz CT molecular complexity index is 1460. The average Bonchev–Trinajstić information content (AvgIpc) is 2.97. The van der Waals surface area contributed by atoms with Crippen LogP contribution in [0.2, 0.25) is 10.0 Å². The Morgan fingerprint density at radius 3 is 2.31 bits per heavy atom. The van der Waals surface area contributed by atoms with Crippen molar-refractivity contribution in [1.29, 1.82) is 0 Å². The van der Waals surface area contributed by atoms with Gasteiger partial charge in [-0.05, 0) is 56.9 Å². The highest BCUT2D eigenvalue weighted by Gasteiger charge is 2.37. The maximum atomic E-state index is 14.1. The van der Waals surface area contributed by atoms with E-state index in [1.54, 1.807) is 24.3 Å². The lowest BCUT2D eigenvalue weighted by atomic mass is 10.00. The molecule has 2 heterocycles. The Morgan fingerprint density at radius 2 is 1.69 bits per heavy atom. The van der Waals surface area contributed by atoms with Gasteiger partial charge in [0.2, 0.25) is 5.91 Å². The number of benzene rings is 3. The molecule has 2 aliphatic rings. The molecular weight excluding hydrogens is 651 g/mol. The zero-order valence-electron chi connectivity index (χ0n) is 23.4. The van der Waals surface area contributed by atoms with Crippen molar-refractivity contribution in [2.75, 3.05) is 28.3 Å². The third-order valence-corrected chi connectivity index (χ3v) is 8.09. The molecule has 5 rings (SSSR count). The van der Waals surface area contributed by atoms with Gasteiger partial charge in [0.1, 0.15) is 18.7 Å². The molecule has 0 radical (unpaired) electrons. The molecule has 0 N–H and O–H groups in total. The van der Waals surface area contributed by atoms with Crippen LogP contribution < -0.4 is 9.47 Å². The number of halogens is 3. The number of amides is 2. The first-order valence-corrected chi connectivity index (χ1v) is 14.4. The minimum atomic E-state index is -1.08. The first-order chi connectivity index (χ1) is 20.0. The van der Waals surface area contributed by atoms with E-state index >= 15 is 0 Å². The fraction of sp³-hybridized carbons (Fsp3) is 0.300. The van der Waals surface area contributed by atoms with Gasteiger partial charge in [0.15, 0.2) is 17.2 Å². The van der Waals surface area contributed by atoms with E-state index in [0.29, 0.717) is 27.1 Å². The molecule has 2 amide bonds. The normalized spacial score (nSPS) is 16.7. The van der Waals surface area contributed by atoms with Crippen molar-refractivity contribution in [2.45, 2.75) is 31.5 Å². The predicted octanol–water partition coefficient (Wildman–Crippen LogP) is 6.29. The number of nitrogens with zero attached hydrogens (tertiary/aromatic N) is 2. The first kappa shape index (κ1) is 31.5. The molecular formula is C30H29BrCl2N2O7. The van der Waals surface area contributed by atoms with E-state index in [1.807, 2.05) is 30.3 Å². The lowest BCUT2D eigenvalue weighted by Crippen LogP contribution is -2.54. The van der Waals surface area contributed by atoms with Gasteiger partial charge >= 0.3 is 12.1 Å². The molecule has 0 aliphatic carbocycles. The Morgan fingerprint density at radius 1 is 1.05 bits per heavy atom. The molecule has 2 atom stereocenters. The summed E-state index contributed by atoms with van der Waals surface area (Å²) in [7, 11) is 5.70. The number of likely N-dealkylation sites (N-methyl/N-ethyl adjacent to an activating group) is 2. The summed E-state index contributed by atoms with van der Waals surface area (Å²) in [6, 6.07) is 13.7. The standard InChI is InChI=1S/C30H29BrCl2N2O7/c1-34-24(29(37)40-4)14-18-10-20(31)26(39-3)25(15-18)42-27-21(32)11-19(12-22(27)33)13-23(28(34)36)35(2)30(38)41-16-17-8-6-5-7-9-17/h5-12,15,23-24H,13-14,16H2,1-4H3/t23-,24-/m0/s1. The summed E-state index contributed by atoms with van der Waals surface area (Å²) >= 11 is 16.7. The van der Waals surface area contributed by atoms with E-state index in [2.05, 4.69) is 15.9 Å². The highest BCUT2D eigenvalue weighted by Crippen LogP contribution is 2.44. The molecule has 3 aromatic carbocycles. The third kappa shape index (κ3) is 6.94. The summed E-state index contributed by atoms with van der Waals surface area (Å²) < 4.78 is 22.8. The second kappa shape index (κ2) is 13.7. The van der Waals surface area contributed by atoms with Crippen LogP contribution >= 0.6 is 39.1 Å². The number of rotatable bonds is 5. The Hall–Kier alpha value is -3.47. The van der Waals surface area contributed by atoms with Crippen LogP contribution in [0.4, 0.5) is 4.79 Å². The molecule has 0 saturated heterocycles. The minimum absolute atomic E-state index is 0.0178. The van der Waals surface area contributed by atoms with Crippen LogP contribution in [0.3, 0.4) is 0 Å². The zero-order valence-corrected chi connectivity index (χ0v) is 26.5. The smallest absolute Gasteiger partial charge is 0.410 e. The van der Waals surface area contributed by atoms with Gasteiger partial charge in [-0.3, -0.25) is 9.69 Å². The van der Waals surface area contributed by atoms with Gasteiger partial charge in [0, 0.05) is 26.9 Å². The molecule has 2 aliphatic heterocycles. The third-order valence-electron chi connectivity index (χ3n) is 6.94. The summed E-state index contributed by atoms with van der Waals surface area (Å²) in [4.78, 5) is 42.7. The lowest BCUT2D eigenvalue weighted by molar-refractivity contribution is -0.153. The SMILES string of the molecule is COC(=O)[C@@H]1Cc2cc(Br)c(OC)c(c2)Oc2c(Cl)cc(cc2Cl)C[C@H](N(C)C(=O)OCc2ccccc2)C(=O)N1C. The van der Waals surface area contributed by atoms with Crippen molar-refractivity contribution in [3.8, 4) is 17.2 Å². The topological polar surface area (TPSA) is 94.6 Å². The van der Waals surface area contributed by atoms with Crippen LogP contribution in [0.25, 0.3) is 0 Å². The van der Waals surface area contributed by atoms with E-state index in [1.165, 1.54) is 38.1 Å². The number of ether oxygens (including phenoxy) is 4. The van der Waals surface area contributed by atoms with Gasteiger partial charge < -0.3 is 23.8 Å². The van der Waals surface area contributed by atoms with Crippen LogP contribution in [-0.4, -0.2) is 68.2 Å². The molecule has 0 aromatic heterocycles. The number of methoxy groups -OCH3 is 2. The monoisotopic (exact) mass is 678 g/mol. The largest absolute Gasteiger partial charge is 0.492 e. The van der Waals surface area contributed by atoms with E-state index in [-0.39, 0.29) is 35.2 Å². The molecule has 0 unspecified atom stereocenters. The zero-order chi connectivity index (χ0) is 30.6. The highest BCUT2D eigenvalue weighted by atomic mass is 79.9. The van der Waals surface area contributed by atoms with Crippen molar-refractivity contribution in [3.05, 3.63) is 85.8 Å². The Kier molecular flexibility index (Phi) is 10.2. The maximum absolute atomic E-state index is 14.1. The molecule has 4 bridgehead atoms. The van der Waals surface area contributed by atoms with Crippen molar-refractivity contribution in [2.24, 2.45) is 0 Å². The highest BCUT2D eigenvalue weighted by molar-refractivity contribution is 9.10. The minimum Gasteiger partial charge on any atom is -0.492 e. The summed E-state index contributed by atoms with van der Waals surface area (Å²) in [5.41, 5.74) is 1.97. The second-order valence-electron chi connectivity index (χ2n) is 9.66. The van der Waals surface area contributed by atoms with Crippen LogP contribution in [0.5, 0.6) is 17.2 Å². The molecule has 0 spiro atoms. The average molecular weight is 680 g/mol. The summed E-state index contributed by atoms with van der Waals surface area (Å²) in [6.45, 7) is 0.0178. The maximum Gasteiger partial charge on any atom is 0.410 e. The Balaban J connectivity index is 1.78. The Labute approximate surface area is 262 Å². The van der Waals surface area contributed by atoms with Crippen molar-refractivity contribution in [3.63, 3.8) is 0 Å². The number of carbonyl (C=O) groups excluding carboxylic acids is 3. The van der Waals surface area contributed by atoms with Crippen LogP contribution in [0.1, 0.15) is 16.7 Å². The predicted molar refractivity (Wildman–Crippen MR) is 161 cm³/mol. The van der Waals surface area contributed by atoms with Crippen molar-refractivity contribution >= 4 is 57.1 Å². The number of hydrogen-bond donors (Lipinski definition) is 0. The van der Waals surface area contributed by atoms with Crippen LogP contribution in [0.15, 0.2) is 59.1 Å². The number of fused-ring (bicyclic) bond motifs is 7. The number of carbonyl (C=O) groups is 3. The molecule has 3 aromatic rings. The van der Waals surface area contributed by atoms with Crippen LogP contribution in [0, 0.1) is 0 Å². The second-order valence-corrected chi connectivity index (χ2v) is 11.3. The fourth-order valence-corrected chi connectivity index (χ4v) is 5.90. The summed E-state index contributed by atoms with van der Waals surface area (Å²) in [5.74, 6) is -0.276. The summed E-state index contributed by atoms with van der Waals surface area (Å²) in [5, 5.41) is 0.388. The van der Waals surface area contributed by atoms with Gasteiger partial charge in [-0.2, -0.15) is 0 Å². The van der Waals surface area contributed by atoms with Crippen molar-refractivity contribution < 1.29 is 33.3 Å². The summed E-state index contributed by atoms with van der Waals surface area (Å²) in [6.07, 6.45) is -0.627. The van der Waals surface area contributed by atoms with E-state index < -0.39 is 30.1 Å². The molecule has 0 fully saturated rings. The molecule has 222 valence electrons. The molecule has 42 heavy (non-hydrogen) atoms. The van der Waals surface area contributed by atoms with Crippen molar-refractivity contribution in [1.82, 2.24) is 9.80 Å². The first-order valence-electron chi connectivity index (χ1n) is 12.8. The number of esters is 1. The quantitative estimate of drug-likeness (QED) is 0.293. The fourth-order valence-electron chi connectivity index (χ4n) is 4.64. The van der Waals surface area contributed by atoms with Gasteiger partial charge in [-0.25, -0.2) is 9.59 Å². The van der Waals surface area contributed by atoms with Gasteiger partial charge in [0.05, 0.1) is 28.7 Å². The van der Waals surface area contributed by atoms with E-state index in [4.69, 9.17) is 42.1 Å². The lowest BCUT2D eigenvalue weighted by Gasteiger charge is -2.34. The number of hydrogen-bond acceptors (Lipinski definition) is 7. The van der Waals surface area contributed by atoms with E-state index in [9.17, 15) is 14.4 Å². The van der Waals surface area contributed by atoms with Crippen LogP contribution in [-0.2, 0) is 38.5 Å². The van der Waals surface area contributed by atoms with Gasteiger partial charge in [-0.15, -0.1) is 0 Å². The van der Waals surface area contributed by atoms with Gasteiger partial charge in [-0.1, -0.05) is 53.5 Å². The molecule has 9 nitrogen and oxygen atoms in total. The molecule has 0 saturated carbocycles. The van der Waals surface area contributed by atoms with E-state index in [0.717, 1.165) is 5.56 Å². The van der Waals surface area contributed by atoms with Gasteiger partial charge in [0.25, 0.3) is 0 Å². The molecule has 12 heteroatoms.